The summed E-state index contributed by atoms with van der Waals surface area (Å²) in [5, 5.41) is 14.6. The maximum absolute atomic E-state index is 12.4. The summed E-state index contributed by atoms with van der Waals surface area (Å²) in [4.78, 5) is 37.1. The Morgan fingerprint density at radius 3 is 1.70 bits per heavy atom. The molecule has 2 saturated heterocycles. The Bertz CT molecular complexity index is 2280. The van der Waals surface area contributed by atoms with Crippen LogP contribution in [0.2, 0.25) is 0 Å². The number of aryl methyl sites for hydroxylation is 1. The number of benzene rings is 3. The van der Waals surface area contributed by atoms with Crippen molar-refractivity contribution in [1.82, 2.24) is 34.4 Å². The molecule has 0 spiro atoms. The van der Waals surface area contributed by atoms with Crippen molar-refractivity contribution in [3.8, 4) is 28.8 Å². The average molecular weight is 908 g/mol. The van der Waals surface area contributed by atoms with E-state index in [2.05, 4.69) is 9.80 Å². The van der Waals surface area contributed by atoms with Crippen molar-refractivity contribution in [2.24, 2.45) is 7.05 Å². The molecule has 0 unspecified atom stereocenters. The van der Waals surface area contributed by atoms with E-state index in [1.165, 1.54) is 0 Å². The molecule has 0 radical (unpaired) electrons. The predicted octanol–water partition coefficient (Wildman–Crippen LogP) is 8.04. The summed E-state index contributed by atoms with van der Waals surface area (Å²) in [5.74, 6) is 1.73. The van der Waals surface area contributed by atoms with E-state index >= 15 is 0 Å². The van der Waals surface area contributed by atoms with Crippen molar-refractivity contribution in [3.05, 3.63) is 102 Å². The van der Waals surface area contributed by atoms with E-state index in [1.807, 2.05) is 144 Å². The standard InChI is InChI=1S/C39H45N5O5.C12H24N2O3/c1-39(2,3)49-38(45)44-23-21-43(22-24-44)20-11-25-46-31-16-17-32-34(26-31)42(4)41-36(32)33-18-19-35(47-27-29-12-7-5-8-13-29)40-37(33)48-28-30-14-9-6-10-15-30;1-12(2,3)17-11(16)14-8-6-13(7-9-14)5-4-10-15/h5-10,12-19,26H,11,20-25,27-28H2,1-4H3;15H,4-10H2,1-3H3. The van der Waals surface area contributed by atoms with Gasteiger partial charge in [0, 0.05) is 96.6 Å². The number of ether oxygens (including phenoxy) is 5. The molecule has 15 nitrogen and oxygen atoms in total. The lowest BCUT2D eigenvalue weighted by Crippen LogP contribution is -2.50. The quantitative estimate of drug-likeness (QED) is 0.102. The number of carbonyl (C=O) groups is 2. The molecule has 2 amide bonds. The van der Waals surface area contributed by atoms with Gasteiger partial charge in [-0.15, -0.1) is 0 Å². The smallest absolute Gasteiger partial charge is 0.410 e. The first-order valence-electron chi connectivity index (χ1n) is 23.1. The van der Waals surface area contributed by atoms with Crippen LogP contribution in [-0.2, 0) is 29.7 Å². The van der Waals surface area contributed by atoms with E-state index in [1.54, 1.807) is 9.80 Å². The molecule has 5 aromatic rings. The number of amides is 2. The van der Waals surface area contributed by atoms with Gasteiger partial charge in [-0.3, -0.25) is 14.5 Å². The number of hydrogen-bond acceptors (Lipinski definition) is 12. The maximum Gasteiger partial charge on any atom is 0.410 e. The van der Waals surface area contributed by atoms with Crippen LogP contribution in [-0.4, -0.2) is 142 Å². The highest BCUT2D eigenvalue weighted by molar-refractivity contribution is 5.95. The number of aliphatic hydroxyl groups is 1. The molecule has 2 aliphatic rings. The number of aliphatic hydroxyl groups excluding tert-OH is 1. The molecule has 0 bridgehead atoms. The summed E-state index contributed by atoms with van der Waals surface area (Å²) in [6.45, 7) is 20.9. The SMILES string of the molecule is CC(C)(C)OC(=O)N1CCN(CCCO)CC1.Cn1nc(-c2ccc(OCc3ccccc3)nc2OCc2ccccc2)c2ccc(OCCCN3CCN(C(=O)OC(C)(C)C)CC3)cc21. The van der Waals surface area contributed by atoms with Gasteiger partial charge in [0.05, 0.1) is 17.7 Å². The van der Waals surface area contributed by atoms with Crippen LogP contribution in [0.25, 0.3) is 22.2 Å². The van der Waals surface area contributed by atoms with Crippen LogP contribution in [0.5, 0.6) is 17.5 Å². The average Bonchev–Trinajstić information content (AvgIpc) is 3.63. The number of hydrogen-bond donors (Lipinski definition) is 1. The molecule has 3 aromatic carbocycles. The minimum absolute atomic E-state index is 0.223. The summed E-state index contributed by atoms with van der Waals surface area (Å²) < 4.78 is 31.2. The van der Waals surface area contributed by atoms with Crippen LogP contribution in [0, 0.1) is 0 Å². The van der Waals surface area contributed by atoms with E-state index < -0.39 is 11.2 Å². The molecule has 0 saturated carbocycles. The molecular formula is C51H69N7O8. The van der Waals surface area contributed by atoms with Gasteiger partial charge >= 0.3 is 12.2 Å². The van der Waals surface area contributed by atoms with E-state index in [0.29, 0.717) is 57.8 Å². The van der Waals surface area contributed by atoms with Crippen molar-refractivity contribution >= 4 is 23.1 Å². The Morgan fingerprint density at radius 1 is 0.636 bits per heavy atom. The minimum Gasteiger partial charge on any atom is -0.493 e. The zero-order valence-electron chi connectivity index (χ0n) is 39.9. The molecule has 2 aromatic heterocycles. The third-order valence-corrected chi connectivity index (χ3v) is 10.9. The predicted molar refractivity (Wildman–Crippen MR) is 256 cm³/mol. The molecule has 2 aliphatic heterocycles. The molecule has 66 heavy (non-hydrogen) atoms. The van der Waals surface area contributed by atoms with Gasteiger partial charge in [0.25, 0.3) is 0 Å². The monoisotopic (exact) mass is 908 g/mol. The zero-order valence-corrected chi connectivity index (χ0v) is 39.9. The summed E-state index contributed by atoms with van der Waals surface area (Å²) in [5.41, 5.74) is 3.71. The summed E-state index contributed by atoms with van der Waals surface area (Å²) in [6, 6.07) is 29.9. The fourth-order valence-electron chi connectivity index (χ4n) is 7.51. The van der Waals surface area contributed by atoms with E-state index in [-0.39, 0.29) is 18.8 Å². The molecule has 15 heteroatoms. The van der Waals surface area contributed by atoms with Gasteiger partial charge in [-0.2, -0.15) is 10.1 Å². The summed E-state index contributed by atoms with van der Waals surface area (Å²) in [6.07, 6.45) is 1.22. The lowest BCUT2D eigenvalue weighted by molar-refractivity contribution is 0.0132. The lowest BCUT2D eigenvalue weighted by Gasteiger charge is -2.35. The lowest BCUT2D eigenvalue weighted by atomic mass is 10.1. The van der Waals surface area contributed by atoms with Gasteiger partial charge in [-0.1, -0.05) is 60.7 Å². The minimum atomic E-state index is -0.480. The second-order valence-corrected chi connectivity index (χ2v) is 18.6. The highest BCUT2D eigenvalue weighted by Gasteiger charge is 2.27. The third-order valence-electron chi connectivity index (χ3n) is 10.9. The molecule has 356 valence electrons. The second kappa shape index (κ2) is 23.5. The molecular weight excluding hydrogens is 839 g/mol. The van der Waals surface area contributed by atoms with Crippen molar-refractivity contribution in [2.75, 3.05) is 78.7 Å². The van der Waals surface area contributed by atoms with Crippen molar-refractivity contribution < 1.29 is 38.4 Å². The number of nitrogens with zero attached hydrogens (tertiary/aromatic N) is 7. The Hall–Kier alpha value is -5.90. The highest BCUT2D eigenvalue weighted by Crippen LogP contribution is 2.36. The van der Waals surface area contributed by atoms with Crippen molar-refractivity contribution in [2.45, 2.75) is 78.8 Å². The van der Waals surface area contributed by atoms with Crippen LogP contribution >= 0.6 is 0 Å². The van der Waals surface area contributed by atoms with Gasteiger partial charge in [0.15, 0.2) is 0 Å². The normalized spacial score (nSPS) is 14.9. The Balaban J connectivity index is 0.000000357. The van der Waals surface area contributed by atoms with Gasteiger partial charge in [-0.05, 0) is 83.7 Å². The fourth-order valence-corrected chi connectivity index (χ4v) is 7.51. The Kier molecular flexibility index (Phi) is 17.7. The van der Waals surface area contributed by atoms with Crippen LogP contribution < -0.4 is 14.2 Å². The van der Waals surface area contributed by atoms with Gasteiger partial charge in [-0.25, -0.2) is 9.59 Å². The third kappa shape index (κ3) is 15.3. The van der Waals surface area contributed by atoms with E-state index in [0.717, 1.165) is 91.1 Å². The van der Waals surface area contributed by atoms with Crippen molar-refractivity contribution in [3.63, 3.8) is 0 Å². The van der Waals surface area contributed by atoms with E-state index in [4.69, 9.17) is 38.9 Å². The molecule has 2 fully saturated rings. The first-order chi connectivity index (χ1) is 31.6. The Labute approximate surface area is 390 Å². The molecule has 4 heterocycles. The van der Waals surface area contributed by atoms with Crippen LogP contribution in [0.15, 0.2) is 91.0 Å². The van der Waals surface area contributed by atoms with E-state index in [9.17, 15) is 9.59 Å². The molecule has 7 rings (SSSR count). The topological polar surface area (TPSA) is 144 Å². The fraction of sp³-hybridized carbons (Fsp3) is 0.490. The zero-order chi connectivity index (χ0) is 47.1. The molecule has 1 N–H and O–H groups in total. The number of fused-ring (bicyclic) bond motifs is 1. The number of piperazine rings is 2. The second-order valence-electron chi connectivity index (χ2n) is 18.6. The first kappa shape index (κ1) is 49.5. The molecule has 0 atom stereocenters. The van der Waals surface area contributed by atoms with Crippen LogP contribution in [0.3, 0.4) is 0 Å². The van der Waals surface area contributed by atoms with Crippen molar-refractivity contribution in [1.29, 1.82) is 0 Å². The highest BCUT2D eigenvalue weighted by atomic mass is 16.6. The number of carbonyl (C=O) groups excluding carboxylic acids is 2. The van der Waals surface area contributed by atoms with Gasteiger partial charge in [0.2, 0.25) is 11.8 Å². The summed E-state index contributed by atoms with van der Waals surface area (Å²) in [7, 11) is 1.93. The Morgan fingerprint density at radius 2 is 1.17 bits per heavy atom. The van der Waals surface area contributed by atoms with Gasteiger partial charge < -0.3 is 38.6 Å². The largest absolute Gasteiger partial charge is 0.493 e. The summed E-state index contributed by atoms with van der Waals surface area (Å²) >= 11 is 0. The maximum atomic E-state index is 12.4. The van der Waals surface area contributed by atoms with Crippen LogP contribution in [0.4, 0.5) is 9.59 Å². The number of pyridine rings is 1. The number of aromatic nitrogens is 3. The first-order valence-corrected chi connectivity index (χ1v) is 23.1. The number of rotatable bonds is 15. The van der Waals surface area contributed by atoms with Gasteiger partial charge in [0.1, 0.15) is 35.9 Å². The van der Waals surface area contributed by atoms with Crippen LogP contribution in [0.1, 0.15) is 65.5 Å². The molecule has 0 aliphatic carbocycles.